The molecule has 0 saturated heterocycles. The van der Waals surface area contributed by atoms with Gasteiger partial charge >= 0.3 is 0 Å². The number of carbonyl (C=O) groups excluding carboxylic acids is 1. The zero-order valence-electron chi connectivity index (χ0n) is 16.2. The lowest BCUT2D eigenvalue weighted by molar-refractivity contribution is 0.102. The second-order valence-electron chi connectivity index (χ2n) is 7.34. The number of amidine groups is 1. The van der Waals surface area contributed by atoms with Crippen molar-refractivity contribution in [3.8, 4) is 0 Å². The van der Waals surface area contributed by atoms with Gasteiger partial charge in [0, 0.05) is 30.0 Å². The first-order valence-corrected chi connectivity index (χ1v) is 9.83. The minimum absolute atomic E-state index is 0.0670. The van der Waals surface area contributed by atoms with E-state index >= 15 is 0 Å². The van der Waals surface area contributed by atoms with Crippen LogP contribution in [0.4, 0.5) is 5.69 Å². The van der Waals surface area contributed by atoms with E-state index in [1.165, 1.54) is 0 Å². The zero-order valence-corrected chi connectivity index (χ0v) is 17.1. The summed E-state index contributed by atoms with van der Waals surface area (Å²) in [6, 6.07) is 3.60. The van der Waals surface area contributed by atoms with E-state index in [1.807, 2.05) is 26.8 Å². The molecule has 2 aromatic heterocycles. The summed E-state index contributed by atoms with van der Waals surface area (Å²) in [6.45, 7) is 9.80. The molecule has 0 unspecified atom stereocenters. The largest absolute Gasteiger partial charge is 0.445 e. The van der Waals surface area contributed by atoms with E-state index in [0.29, 0.717) is 33.4 Å². The van der Waals surface area contributed by atoms with Crippen LogP contribution in [0.5, 0.6) is 0 Å². The topological polar surface area (TPSA) is 106 Å². The van der Waals surface area contributed by atoms with Gasteiger partial charge < -0.3 is 15.5 Å². The molecule has 2 atom stereocenters. The van der Waals surface area contributed by atoms with Crippen molar-refractivity contribution in [2.45, 2.75) is 57.7 Å². The Labute approximate surface area is 163 Å². The summed E-state index contributed by atoms with van der Waals surface area (Å²) in [5.41, 5.74) is 7.20. The monoisotopic (exact) mass is 387 g/mol. The van der Waals surface area contributed by atoms with Crippen molar-refractivity contribution in [3.63, 3.8) is 0 Å². The number of aromatic nitrogens is 2. The number of aryl methyl sites for hydroxylation is 1. The molecule has 0 radical (unpaired) electrons. The van der Waals surface area contributed by atoms with Crippen LogP contribution in [0.15, 0.2) is 27.7 Å². The molecule has 7 nitrogen and oxygen atoms in total. The van der Waals surface area contributed by atoms with E-state index in [-0.39, 0.29) is 11.8 Å². The van der Waals surface area contributed by atoms with E-state index in [4.69, 9.17) is 10.2 Å². The van der Waals surface area contributed by atoms with Crippen molar-refractivity contribution >= 4 is 28.5 Å². The van der Waals surface area contributed by atoms with Gasteiger partial charge in [-0.15, -0.1) is 0 Å². The number of hydrogen-bond donors (Lipinski definition) is 2. The van der Waals surface area contributed by atoms with Crippen LogP contribution in [-0.4, -0.2) is 26.3 Å². The third-order valence-electron chi connectivity index (χ3n) is 4.43. The molecule has 3 rings (SSSR count). The third kappa shape index (κ3) is 4.16. The van der Waals surface area contributed by atoms with Crippen molar-refractivity contribution in [1.82, 2.24) is 9.97 Å². The molecule has 0 fully saturated rings. The van der Waals surface area contributed by atoms with Gasteiger partial charge in [0.25, 0.3) is 5.91 Å². The minimum Gasteiger partial charge on any atom is -0.445 e. The van der Waals surface area contributed by atoms with E-state index in [1.54, 1.807) is 30.9 Å². The first-order chi connectivity index (χ1) is 12.7. The molecule has 0 saturated carbocycles. The summed E-state index contributed by atoms with van der Waals surface area (Å²) in [4.78, 5) is 26.0. The van der Waals surface area contributed by atoms with Gasteiger partial charge in [-0.3, -0.25) is 9.78 Å². The van der Waals surface area contributed by atoms with Gasteiger partial charge in [-0.25, -0.2) is 9.98 Å². The molecule has 27 heavy (non-hydrogen) atoms. The van der Waals surface area contributed by atoms with Gasteiger partial charge in [-0.1, -0.05) is 32.5 Å². The van der Waals surface area contributed by atoms with Crippen molar-refractivity contribution in [1.29, 1.82) is 0 Å². The molecule has 1 aliphatic rings. The molecule has 2 aromatic rings. The Morgan fingerprint density at radius 2 is 2.22 bits per heavy atom. The molecule has 0 aromatic carbocycles. The maximum atomic E-state index is 12.7. The average molecular weight is 388 g/mol. The van der Waals surface area contributed by atoms with E-state index < -0.39 is 5.54 Å². The highest BCUT2D eigenvalue weighted by molar-refractivity contribution is 8.14. The van der Waals surface area contributed by atoms with Crippen LogP contribution in [0.2, 0.25) is 0 Å². The first kappa shape index (κ1) is 19.4. The molecule has 1 amide bonds. The molecular weight excluding hydrogens is 362 g/mol. The lowest BCUT2D eigenvalue weighted by Gasteiger charge is -2.32. The molecule has 8 heteroatoms. The standard InChI is InChI=1S/C19H25N5O2S/c1-10(2)16-15(22-12(4)26-16)17(25)23-13-6-7-21-14(8-13)19(5)9-11(3)27-18(20)24-19/h6-8,10-11H,9H2,1-5H3,(H2,20,24)(H,21,23,25)/t11-,19+/m1/s1. The number of thioether (sulfide) groups is 1. The highest BCUT2D eigenvalue weighted by Crippen LogP contribution is 2.38. The van der Waals surface area contributed by atoms with E-state index in [0.717, 1.165) is 12.1 Å². The molecular formula is C19H25N5O2S. The van der Waals surface area contributed by atoms with E-state index in [2.05, 4.69) is 27.2 Å². The van der Waals surface area contributed by atoms with Crippen LogP contribution >= 0.6 is 11.8 Å². The molecule has 0 bridgehead atoms. The first-order valence-electron chi connectivity index (χ1n) is 8.95. The summed E-state index contributed by atoms with van der Waals surface area (Å²) in [5.74, 6) is 0.831. The summed E-state index contributed by atoms with van der Waals surface area (Å²) in [5, 5.41) is 3.81. The molecule has 1 aliphatic heterocycles. The molecule has 0 spiro atoms. The summed E-state index contributed by atoms with van der Waals surface area (Å²) < 4.78 is 5.58. The van der Waals surface area contributed by atoms with Crippen LogP contribution in [-0.2, 0) is 5.54 Å². The fourth-order valence-corrected chi connectivity index (χ4v) is 4.35. The SMILES string of the molecule is Cc1nc(C(=O)Nc2ccnc([C@]3(C)C[C@@H](C)SC(N)=N3)c2)c(C(C)C)o1. The number of hydrogen-bond acceptors (Lipinski definition) is 7. The minimum atomic E-state index is -0.511. The number of anilines is 1. The Hall–Kier alpha value is -2.35. The second kappa shape index (κ2) is 7.34. The summed E-state index contributed by atoms with van der Waals surface area (Å²) in [7, 11) is 0. The summed E-state index contributed by atoms with van der Waals surface area (Å²) in [6.07, 6.45) is 2.49. The Bertz CT molecular complexity index is 892. The van der Waals surface area contributed by atoms with Crippen molar-refractivity contribution in [2.75, 3.05) is 5.32 Å². The predicted octanol–water partition coefficient (Wildman–Crippen LogP) is 3.81. The van der Waals surface area contributed by atoms with Gasteiger partial charge in [0.15, 0.2) is 16.8 Å². The van der Waals surface area contributed by atoms with Gasteiger partial charge in [0.05, 0.1) is 5.69 Å². The highest BCUT2D eigenvalue weighted by atomic mass is 32.2. The number of nitrogens with one attached hydrogen (secondary N) is 1. The van der Waals surface area contributed by atoms with Gasteiger partial charge in [-0.05, 0) is 25.5 Å². The number of nitrogens with two attached hydrogens (primary N) is 1. The number of carbonyl (C=O) groups is 1. The van der Waals surface area contributed by atoms with Crippen LogP contribution in [0.3, 0.4) is 0 Å². The smallest absolute Gasteiger partial charge is 0.277 e. The number of aliphatic imine (C=N–C) groups is 1. The Balaban J connectivity index is 1.87. The zero-order chi connectivity index (χ0) is 19.8. The number of oxazole rings is 1. The molecule has 0 aliphatic carbocycles. The number of pyridine rings is 1. The van der Waals surface area contributed by atoms with Crippen molar-refractivity contribution in [3.05, 3.63) is 41.4 Å². The average Bonchev–Trinajstić information content (AvgIpc) is 2.96. The van der Waals surface area contributed by atoms with Crippen LogP contribution < -0.4 is 11.1 Å². The Kier molecular flexibility index (Phi) is 5.28. The lowest BCUT2D eigenvalue weighted by Crippen LogP contribution is -2.33. The fourth-order valence-electron chi connectivity index (χ4n) is 3.27. The second-order valence-corrected chi connectivity index (χ2v) is 8.80. The Morgan fingerprint density at radius 1 is 1.48 bits per heavy atom. The molecule has 3 heterocycles. The lowest BCUT2D eigenvalue weighted by atomic mass is 9.91. The normalized spacial score (nSPS) is 22.6. The van der Waals surface area contributed by atoms with Gasteiger partial charge in [0.1, 0.15) is 11.3 Å². The maximum Gasteiger partial charge on any atom is 0.277 e. The summed E-state index contributed by atoms with van der Waals surface area (Å²) >= 11 is 1.57. The molecule has 144 valence electrons. The van der Waals surface area contributed by atoms with Crippen LogP contribution in [0.1, 0.15) is 67.9 Å². The quantitative estimate of drug-likeness (QED) is 0.826. The van der Waals surface area contributed by atoms with Crippen molar-refractivity contribution < 1.29 is 9.21 Å². The van der Waals surface area contributed by atoms with Crippen LogP contribution in [0.25, 0.3) is 0 Å². The number of rotatable bonds is 4. The number of amides is 1. The molecule has 3 N–H and O–H groups in total. The fraction of sp³-hybridized carbons (Fsp3) is 0.474. The number of nitrogens with zero attached hydrogens (tertiary/aromatic N) is 3. The van der Waals surface area contributed by atoms with Crippen molar-refractivity contribution in [2.24, 2.45) is 10.7 Å². The maximum absolute atomic E-state index is 12.7. The predicted molar refractivity (Wildman–Crippen MR) is 108 cm³/mol. The third-order valence-corrected chi connectivity index (χ3v) is 5.34. The van der Waals surface area contributed by atoms with Gasteiger partial charge in [-0.2, -0.15) is 0 Å². The van der Waals surface area contributed by atoms with Gasteiger partial charge in [0.2, 0.25) is 0 Å². The van der Waals surface area contributed by atoms with E-state index in [9.17, 15) is 4.79 Å². The van der Waals surface area contributed by atoms with Crippen LogP contribution in [0, 0.1) is 6.92 Å². The Morgan fingerprint density at radius 3 is 2.89 bits per heavy atom. The highest BCUT2D eigenvalue weighted by Gasteiger charge is 2.34.